The molecule has 0 saturated carbocycles. The van der Waals surface area contributed by atoms with E-state index in [4.69, 9.17) is 9.47 Å². The van der Waals surface area contributed by atoms with Crippen LogP contribution in [0.3, 0.4) is 0 Å². The summed E-state index contributed by atoms with van der Waals surface area (Å²) in [6, 6.07) is 6.59. The predicted molar refractivity (Wildman–Crippen MR) is 77.2 cm³/mol. The summed E-state index contributed by atoms with van der Waals surface area (Å²) < 4.78 is 25.4. The van der Waals surface area contributed by atoms with Crippen molar-refractivity contribution in [1.82, 2.24) is 4.57 Å². The normalized spacial score (nSPS) is 10.5. The summed E-state index contributed by atoms with van der Waals surface area (Å²) in [5.41, 5.74) is 2.07. The van der Waals surface area contributed by atoms with Crippen LogP contribution in [0.25, 0.3) is 0 Å². The summed E-state index contributed by atoms with van der Waals surface area (Å²) in [6.45, 7) is 4.32. The van der Waals surface area contributed by atoms with Crippen LogP contribution < -0.4 is 4.74 Å². The summed E-state index contributed by atoms with van der Waals surface area (Å²) in [6.07, 6.45) is 1.80. The Hall–Kier alpha value is -2.30. The van der Waals surface area contributed by atoms with Gasteiger partial charge in [0.2, 0.25) is 0 Å². The molecule has 0 unspecified atom stereocenters. The summed E-state index contributed by atoms with van der Waals surface area (Å²) in [7, 11) is 1.42. The largest absolute Gasteiger partial charge is 0.494 e. The van der Waals surface area contributed by atoms with Crippen molar-refractivity contribution >= 4 is 5.97 Å². The van der Waals surface area contributed by atoms with Gasteiger partial charge < -0.3 is 14.0 Å². The number of hydrogen-bond donors (Lipinski definition) is 0. The molecule has 0 amide bonds. The fourth-order valence-electron chi connectivity index (χ4n) is 2.20. The van der Waals surface area contributed by atoms with Crippen molar-refractivity contribution < 1.29 is 18.7 Å². The first-order valence-electron chi connectivity index (χ1n) is 6.72. The van der Waals surface area contributed by atoms with Gasteiger partial charge >= 0.3 is 5.97 Å². The van der Waals surface area contributed by atoms with E-state index < -0.39 is 5.82 Å². The van der Waals surface area contributed by atoms with Gasteiger partial charge in [0.05, 0.1) is 13.7 Å². The molecule has 0 N–H and O–H groups in total. The first-order chi connectivity index (χ1) is 10.1. The molecular formula is C16H18FNO3. The lowest BCUT2D eigenvalue weighted by Gasteiger charge is -2.11. The van der Waals surface area contributed by atoms with Crippen LogP contribution in [0.5, 0.6) is 5.75 Å². The number of rotatable bonds is 5. The van der Waals surface area contributed by atoms with Crippen molar-refractivity contribution in [2.24, 2.45) is 0 Å². The molecule has 0 atom stereocenters. The molecule has 0 radical (unpaired) electrons. The lowest BCUT2D eigenvalue weighted by atomic mass is 10.2. The van der Waals surface area contributed by atoms with Crippen LogP contribution in [-0.2, 0) is 11.3 Å². The molecule has 0 spiro atoms. The van der Waals surface area contributed by atoms with E-state index in [1.165, 1.54) is 13.2 Å². The second kappa shape index (κ2) is 6.43. The highest BCUT2D eigenvalue weighted by Gasteiger charge is 2.16. The number of aryl methyl sites for hydroxylation is 1. The highest BCUT2D eigenvalue weighted by molar-refractivity contribution is 5.89. The number of carbonyl (C=O) groups is 1. The van der Waals surface area contributed by atoms with E-state index in [1.54, 1.807) is 29.8 Å². The van der Waals surface area contributed by atoms with E-state index in [2.05, 4.69) is 0 Å². The molecule has 112 valence electrons. The molecular weight excluding hydrogens is 273 g/mol. The zero-order valence-electron chi connectivity index (χ0n) is 12.4. The Labute approximate surface area is 123 Å². The van der Waals surface area contributed by atoms with Gasteiger partial charge in [-0.1, -0.05) is 6.07 Å². The minimum absolute atomic E-state index is 0.202. The third-order valence-corrected chi connectivity index (χ3v) is 3.20. The molecule has 0 aliphatic carbocycles. The van der Waals surface area contributed by atoms with E-state index in [0.29, 0.717) is 18.8 Å². The fraction of sp³-hybridized carbons (Fsp3) is 0.312. The van der Waals surface area contributed by atoms with Gasteiger partial charge in [0, 0.05) is 12.7 Å². The number of ether oxygens (including phenoxy) is 2. The molecule has 0 fully saturated rings. The molecule has 1 aromatic carbocycles. The highest BCUT2D eigenvalue weighted by Crippen LogP contribution is 2.20. The van der Waals surface area contributed by atoms with Gasteiger partial charge in [-0.05, 0) is 43.2 Å². The van der Waals surface area contributed by atoms with E-state index >= 15 is 0 Å². The lowest BCUT2D eigenvalue weighted by molar-refractivity contribution is 0.0513. The number of halogens is 1. The van der Waals surface area contributed by atoms with Gasteiger partial charge in [0.25, 0.3) is 0 Å². The van der Waals surface area contributed by atoms with Crippen LogP contribution in [0.4, 0.5) is 4.39 Å². The van der Waals surface area contributed by atoms with E-state index in [9.17, 15) is 9.18 Å². The first kappa shape index (κ1) is 15.1. The Bertz CT molecular complexity index is 649. The predicted octanol–water partition coefficient (Wildman–Crippen LogP) is 3.17. The monoisotopic (exact) mass is 291 g/mol. The maximum atomic E-state index is 13.7. The quantitative estimate of drug-likeness (QED) is 0.794. The first-order valence-corrected chi connectivity index (χ1v) is 6.72. The Morgan fingerprint density at radius 1 is 1.33 bits per heavy atom. The molecule has 4 nitrogen and oxygen atoms in total. The molecule has 0 aliphatic heterocycles. The zero-order valence-corrected chi connectivity index (χ0v) is 12.4. The van der Waals surface area contributed by atoms with Crippen LogP contribution in [0, 0.1) is 12.7 Å². The Morgan fingerprint density at radius 3 is 2.71 bits per heavy atom. The lowest BCUT2D eigenvalue weighted by Crippen LogP contribution is -2.13. The standard InChI is InChI=1S/C16H18FNO3/c1-4-21-16(19)15-11(2)7-8-18(15)10-12-5-6-14(20-3)13(17)9-12/h5-9H,4,10H2,1-3H3. The van der Waals surface area contributed by atoms with Crippen LogP contribution in [0.1, 0.15) is 28.5 Å². The van der Waals surface area contributed by atoms with Gasteiger partial charge in [-0.2, -0.15) is 0 Å². The molecule has 1 aromatic heterocycles. The van der Waals surface area contributed by atoms with Crippen molar-refractivity contribution in [3.63, 3.8) is 0 Å². The average molecular weight is 291 g/mol. The molecule has 0 saturated heterocycles. The minimum Gasteiger partial charge on any atom is -0.494 e. The Balaban J connectivity index is 2.28. The maximum absolute atomic E-state index is 13.7. The number of methoxy groups -OCH3 is 1. The van der Waals surface area contributed by atoms with Gasteiger partial charge in [0.1, 0.15) is 5.69 Å². The maximum Gasteiger partial charge on any atom is 0.355 e. The third kappa shape index (κ3) is 3.24. The number of esters is 1. The van der Waals surface area contributed by atoms with Crippen molar-refractivity contribution in [3.8, 4) is 5.75 Å². The summed E-state index contributed by atoms with van der Waals surface area (Å²) in [4.78, 5) is 12.0. The topological polar surface area (TPSA) is 40.5 Å². The van der Waals surface area contributed by atoms with Gasteiger partial charge in [-0.3, -0.25) is 0 Å². The Kier molecular flexibility index (Phi) is 4.62. The third-order valence-electron chi connectivity index (χ3n) is 3.20. The molecule has 5 heteroatoms. The molecule has 21 heavy (non-hydrogen) atoms. The van der Waals surface area contributed by atoms with Gasteiger partial charge in [-0.15, -0.1) is 0 Å². The summed E-state index contributed by atoms with van der Waals surface area (Å²) in [5, 5.41) is 0. The van der Waals surface area contributed by atoms with Crippen molar-refractivity contribution in [3.05, 3.63) is 53.1 Å². The van der Waals surface area contributed by atoms with Gasteiger partial charge in [-0.25, -0.2) is 9.18 Å². The Morgan fingerprint density at radius 2 is 2.10 bits per heavy atom. The summed E-state index contributed by atoms with van der Waals surface area (Å²) in [5.74, 6) is -0.585. The van der Waals surface area contributed by atoms with Gasteiger partial charge in [0.15, 0.2) is 11.6 Å². The fourth-order valence-corrected chi connectivity index (χ4v) is 2.20. The van der Waals surface area contributed by atoms with Crippen LogP contribution in [0.2, 0.25) is 0 Å². The van der Waals surface area contributed by atoms with Crippen molar-refractivity contribution in [1.29, 1.82) is 0 Å². The number of nitrogens with zero attached hydrogens (tertiary/aromatic N) is 1. The van der Waals surface area contributed by atoms with Crippen molar-refractivity contribution in [2.75, 3.05) is 13.7 Å². The minimum atomic E-state index is -0.420. The van der Waals surface area contributed by atoms with E-state index in [0.717, 1.165) is 11.1 Å². The van der Waals surface area contributed by atoms with E-state index in [1.807, 2.05) is 13.0 Å². The second-order valence-electron chi connectivity index (χ2n) is 4.66. The smallest absolute Gasteiger partial charge is 0.355 e. The number of benzene rings is 1. The number of aromatic nitrogens is 1. The molecule has 2 rings (SSSR count). The molecule has 0 bridgehead atoms. The van der Waals surface area contributed by atoms with Crippen LogP contribution in [-0.4, -0.2) is 24.3 Å². The number of hydrogen-bond acceptors (Lipinski definition) is 3. The molecule has 2 aromatic rings. The highest BCUT2D eigenvalue weighted by atomic mass is 19.1. The average Bonchev–Trinajstić information content (AvgIpc) is 2.80. The SMILES string of the molecule is CCOC(=O)c1c(C)ccn1Cc1ccc(OC)c(F)c1. The molecule has 0 aliphatic rings. The van der Waals surface area contributed by atoms with Crippen molar-refractivity contribution in [2.45, 2.75) is 20.4 Å². The van der Waals surface area contributed by atoms with E-state index in [-0.39, 0.29) is 11.7 Å². The van der Waals surface area contributed by atoms with Crippen LogP contribution in [0.15, 0.2) is 30.5 Å². The second-order valence-corrected chi connectivity index (χ2v) is 4.66. The zero-order chi connectivity index (χ0) is 15.4. The van der Waals surface area contributed by atoms with Crippen LogP contribution >= 0.6 is 0 Å². The molecule has 1 heterocycles. The summed E-state index contributed by atoms with van der Waals surface area (Å²) >= 11 is 0. The number of carbonyl (C=O) groups excluding carboxylic acids is 1.